The number of hydrogen-bond donors (Lipinski definition) is 1. The second-order valence-corrected chi connectivity index (χ2v) is 7.64. The lowest BCUT2D eigenvalue weighted by Gasteiger charge is -2.30. The van der Waals surface area contributed by atoms with Crippen LogP contribution < -0.4 is 5.32 Å². The Balaban J connectivity index is 0.00000169. The molecule has 132 valence electrons. The van der Waals surface area contributed by atoms with E-state index in [1.165, 1.54) is 30.7 Å². The van der Waals surface area contributed by atoms with Gasteiger partial charge in [0.15, 0.2) is 5.82 Å². The van der Waals surface area contributed by atoms with Crippen LogP contribution in [0.15, 0.2) is 4.52 Å². The number of aromatic nitrogens is 3. The second-order valence-electron chi connectivity index (χ2n) is 6.61. The minimum absolute atomic E-state index is 0. The van der Waals surface area contributed by atoms with E-state index in [9.17, 15) is 0 Å². The summed E-state index contributed by atoms with van der Waals surface area (Å²) in [7, 11) is 2.11. The highest BCUT2D eigenvalue weighted by molar-refractivity contribution is 7.15. The van der Waals surface area contributed by atoms with E-state index in [2.05, 4.69) is 27.4 Å². The van der Waals surface area contributed by atoms with Crippen molar-refractivity contribution in [2.75, 3.05) is 26.7 Å². The van der Waals surface area contributed by atoms with Crippen LogP contribution in [0.25, 0.3) is 10.8 Å². The molecule has 3 heterocycles. The number of nitrogens with one attached hydrogen (secondary N) is 1. The molecule has 24 heavy (non-hydrogen) atoms. The zero-order valence-corrected chi connectivity index (χ0v) is 15.8. The summed E-state index contributed by atoms with van der Waals surface area (Å²) in [6.07, 6.45) is 5.18. The summed E-state index contributed by atoms with van der Waals surface area (Å²) in [5.74, 6) is 2.02. The maximum absolute atomic E-state index is 5.56. The molecule has 0 spiro atoms. The summed E-state index contributed by atoms with van der Waals surface area (Å²) in [5.41, 5.74) is 1.02. The molecular formula is C16H24ClN5OS. The molecule has 0 bridgehead atoms. The van der Waals surface area contributed by atoms with Crippen LogP contribution in [0.3, 0.4) is 0 Å². The topological polar surface area (TPSA) is 67.1 Å². The first-order valence-corrected chi connectivity index (χ1v) is 9.26. The number of hydrogen-bond acceptors (Lipinski definition) is 7. The first kappa shape index (κ1) is 17.8. The van der Waals surface area contributed by atoms with Gasteiger partial charge in [0, 0.05) is 25.6 Å². The Morgan fingerprint density at radius 1 is 1.25 bits per heavy atom. The fourth-order valence-corrected chi connectivity index (χ4v) is 4.68. The van der Waals surface area contributed by atoms with Crippen LogP contribution in [0, 0.1) is 6.92 Å². The van der Waals surface area contributed by atoms with Crippen molar-refractivity contribution in [3.8, 4) is 10.8 Å². The van der Waals surface area contributed by atoms with E-state index in [1.807, 2.05) is 6.92 Å². The molecule has 0 radical (unpaired) electrons. The van der Waals surface area contributed by atoms with Crippen molar-refractivity contribution in [2.45, 2.75) is 44.6 Å². The Morgan fingerprint density at radius 3 is 2.79 bits per heavy atom. The van der Waals surface area contributed by atoms with E-state index in [4.69, 9.17) is 9.51 Å². The third kappa shape index (κ3) is 3.35. The van der Waals surface area contributed by atoms with Crippen molar-refractivity contribution in [1.29, 1.82) is 0 Å². The number of nitrogens with zero attached hydrogens (tertiary/aromatic N) is 4. The molecule has 2 fully saturated rings. The summed E-state index contributed by atoms with van der Waals surface area (Å²) < 4.78 is 5.56. The molecule has 0 aromatic carbocycles. The van der Waals surface area contributed by atoms with E-state index in [0.717, 1.165) is 36.0 Å². The van der Waals surface area contributed by atoms with Gasteiger partial charge < -0.3 is 9.84 Å². The highest BCUT2D eigenvalue weighted by atomic mass is 35.5. The van der Waals surface area contributed by atoms with Crippen molar-refractivity contribution >= 4 is 23.7 Å². The lowest BCUT2D eigenvalue weighted by atomic mass is 10.1. The van der Waals surface area contributed by atoms with Crippen molar-refractivity contribution in [2.24, 2.45) is 0 Å². The fourth-order valence-electron chi connectivity index (χ4n) is 3.52. The SMILES string of the molecule is Cc1nc(C2CCCC2)sc1-c1nc(C2CNCCN2C)no1.Cl. The third-order valence-corrected chi connectivity index (χ3v) is 6.27. The highest BCUT2D eigenvalue weighted by Crippen LogP contribution is 2.40. The Bertz CT molecular complexity index is 682. The third-order valence-electron chi connectivity index (χ3n) is 4.96. The molecule has 0 amide bonds. The first-order valence-electron chi connectivity index (χ1n) is 8.44. The molecule has 4 rings (SSSR count). The van der Waals surface area contributed by atoms with Crippen LogP contribution in [0.5, 0.6) is 0 Å². The number of rotatable bonds is 3. The molecule has 2 aromatic heterocycles. The summed E-state index contributed by atoms with van der Waals surface area (Å²) in [4.78, 5) is 12.8. The highest BCUT2D eigenvalue weighted by Gasteiger charge is 2.28. The van der Waals surface area contributed by atoms with Gasteiger partial charge in [-0.1, -0.05) is 18.0 Å². The standard InChI is InChI=1S/C16H23N5OS.ClH/c1-10-13(23-16(18-10)11-5-3-4-6-11)15-19-14(20-22-15)12-9-17-7-8-21(12)2;/h11-12,17H,3-9H2,1-2H3;1H. The lowest BCUT2D eigenvalue weighted by Crippen LogP contribution is -2.44. The van der Waals surface area contributed by atoms with Crippen LogP contribution in [-0.2, 0) is 0 Å². The average Bonchev–Trinajstić information content (AvgIpc) is 3.27. The molecule has 2 aliphatic rings. The quantitative estimate of drug-likeness (QED) is 0.896. The summed E-state index contributed by atoms with van der Waals surface area (Å²) in [6, 6.07) is 0.184. The Morgan fingerprint density at radius 2 is 2.04 bits per heavy atom. The van der Waals surface area contributed by atoms with Gasteiger partial charge in [0.05, 0.1) is 16.7 Å². The number of aryl methyl sites for hydroxylation is 1. The minimum Gasteiger partial charge on any atom is -0.333 e. The fraction of sp³-hybridized carbons (Fsp3) is 0.688. The van der Waals surface area contributed by atoms with Crippen molar-refractivity contribution in [3.63, 3.8) is 0 Å². The Hall–Kier alpha value is -1.02. The number of thiazole rings is 1. The summed E-state index contributed by atoms with van der Waals surface area (Å²) >= 11 is 1.73. The van der Waals surface area contributed by atoms with E-state index >= 15 is 0 Å². The molecule has 6 nitrogen and oxygen atoms in total. The van der Waals surface area contributed by atoms with Gasteiger partial charge >= 0.3 is 0 Å². The zero-order valence-electron chi connectivity index (χ0n) is 14.1. The van der Waals surface area contributed by atoms with Gasteiger partial charge in [-0.05, 0) is 26.8 Å². The van der Waals surface area contributed by atoms with Crippen molar-refractivity contribution < 1.29 is 4.52 Å². The van der Waals surface area contributed by atoms with Gasteiger partial charge in [0.1, 0.15) is 4.88 Å². The van der Waals surface area contributed by atoms with Crippen molar-refractivity contribution in [3.05, 3.63) is 16.5 Å². The van der Waals surface area contributed by atoms with Gasteiger partial charge in [-0.3, -0.25) is 4.90 Å². The molecule has 1 saturated heterocycles. The van der Waals surface area contributed by atoms with Crippen LogP contribution in [0.2, 0.25) is 0 Å². The predicted molar refractivity (Wildman–Crippen MR) is 96.8 cm³/mol. The zero-order chi connectivity index (χ0) is 15.8. The monoisotopic (exact) mass is 369 g/mol. The van der Waals surface area contributed by atoms with Gasteiger partial charge in [0.25, 0.3) is 5.89 Å². The van der Waals surface area contributed by atoms with Gasteiger partial charge in [0.2, 0.25) is 0 Å². The Labute approximate surface area is 152 Å². The normalized spacial score (nSPS) is 22.7. The van der Waals surface area contributed by atoms with Gasteiger partial charge in [-0.25, -0.2) is 4.98 Å². The van der Waals surface area contributed by atoms with Crippen LogP contribution in [0.4, 0.5) is 0 Å². The number of halogens is 1. The molecule has 1 unspecified atom stereocenters. The number of likely N-dealkylation sites (N-methyl/N-ethyl adjacent to an activating group) is 1. The molecule has 1 atom stereocenters. The van der Waals surface area contributed by atoms with E-state index in [0.29, 0.717) is 11.8 Å². The molecule has 1 aliphatic heterocycles. The van der Waals surface area contributed by atoms with Crippen LogP contribution in [0.1, 0.15) is 54.2 Å². The van der Waals surface area contributed by atoms with Crippen LogP contribution >= 0.6 is 23.7 Å². The number of piperazine rings is 1. The van der Waals surface area contributed by atoms with Gasteiger partial charge in [-0.15, -0.1) is 23.7 Å². The lowest BCUT2D eigenvalue weighted by molar-refractivity contribution is 0.190. The first-order chi connectivity index (χ1) is 11.2. The molecular weight excluding hydrogens is 346 g/mol. The van der Waals surface area contributed by atoms with E-state index in [1.54, 1.807) is 11.3 Å². The van der Waals surface area contributed by atoms with E-state index in [-0.39, 0.29) is 18.4 Å². The maximum Gasteiger partial charge on any atom is 0.269 e. The molecule has 2 aromatic rings. The second kappa shape index (κ2) is 7.47. The van der Waals surface area contributed by atoms with E-state index < -0.39 is 0 Å². The van der Waals surface area contributed by atoms with Crippen LogP contribution in [-0.4, -0.2) is 46.7 Å². The maximum atomic E-state index is 5.56. The minimum atomic E-state index is 0. The van der Waals surface area contributed by atoms with Gasteiger partial charge in [-0.2, -0.15) is 4.98 Å². The summed E-state index contributed by atoms with van der Waals surface area (Å²) in [6.45, 7) is 4.92. The average molecular weight is 370 g/mol. The smallest absolute Gasteiger partial charge is 0.269 e. The summed E-state index contributed by atoms with van der Waals surface area (Å²) in [5, 5.41) is 8.86. The van der Waals surface area contributed by atoms with Crippen molar-refractivity contribution in [1.82, 2.24) is 25.3 Å². The molecule has 8 heteroatoms. The predicted octanol–water partition coefficient (Wildman–Crippen LogP) is 3.16. The Kier molecular flexibility index (Phi) is 5.54. The molecule has 1 aliphatic carbocycles. The molecule has 1 N–H and O–H groups in total. The largest absolute Gasteiger partial charge is 0.333 e. The molecule has 1 saturated carbocycles.